The van der Waals surface area contributed by atoms with Gasteiger partial charge in [-0.3, -0.25) is 4.79 Å². The van der Waals surface area contributed by atoms with Gasteiger partial charge in [-0.05, 0) is 31.5 Å². The van der Waals surface area contributed by atoms with Crippen LogP contribution in [0.3, 0.4) is 0 Å². The minimum absolute atomic E-state index is 0.236. The fraction of sp³-hybridized carbons (Fsp3) is 0.133. The molecule has 0 aromatic heterocycles. The van der Waals surface area contributed by atoms with E-state index in [0.717, 1.165) is 11.1 Å². The molecule has 0 heterocycles. The molecule has 0 saturated heterocycles. The summed E-state index contributed by atoms with van der Waals surface area (Å²) in [6.45, 7) is 3.78. The van der Waals surface area contributed by atoms with Crippen LogP contribution in [0, 0.1) is 19.7 Å². The fourth-order valence-corrected chi connectivity index (χ4v) is 2.07. The van der Waals surface area contributed by atoms with Crippen LogP contribution in [0.25, 0.3) is 0 Å². The van der Waals surface area contributed by atoms with Gasteiger partial charge in [0.2, 0.25) is 0 Å². The minimum atomic E-state index is -1.96. The van der Waals surface area contributed by atoms with Crippen LogP contribution < -0.4 is 10.8 Å². The number of halogens is 1. The molecule has 0 aliphatic heterocycles. The lowest BCUT2D eigenvalue weighted by molar-refractivity contribution is 0.102. The van der Waals surface area contributed by atoms with Crippen molar-refractivity contribution >= 4 is 24.2 Å². The van der Waals surface area contributed by atoms with Crippen LogP contribution in [0.5, 0.6) is 0 Å². The molecule has 0 unspecified atom stereocenters. The Bertz CT molecular complexity index is 689. The van der Waals surface area contributed by atoms with E-state index in [1.165, 1.54) is 18.2 Å². The summed E-state index contributed by atoms with van der Waals surface area (Å²) < 4.78 is 14.1. The summed E-state index contributed by atoms with van der Waals surface area (Å²) in [6.07, 6.45) is 0. The number of carbonyl (C=O) groups is 1. The van der Waals surface area contributed by atoms with E-state index in [9.17, 15) is 9.18 Å². The first-order valence-corrected chi connectivity index (χ1v) is 6.43. The second kappa shape index (κ2) is 6.07. The summed E-state index contributed by atoms with van der Waals surface area (Å²) >= 11 is 0. The Hall–Kier alpha value is -2.18. The summed E-state index contributed by atoms with van der Waals surface area (Å²) in [4.78, 5) is 12.1. The quantitative estimate of drug-likeness (QED) is 0.747. The van der Waals surface area contributed by atoms with E-state index >= 15 is 0 Å². The van der Waals surface area contributed by atoms with Crippen molar-refractivity contribution in [3.63, 3.8) is 0 Å². The van der Waals surface area contributed by atoms with E-state index in [4.69, 9.17) is 10.0 Å². The molecule has 0 saturated carbocycles. The smallest absolute Gasteiger partial charge is 0.423 e. The average Bonchev–Trinajstić information content (AvgIpc) is 2.41. The molecular weight excluding hydrogens is 272 g/mol. The molecule has 6 heteroatoms. The molecule has 0 radical (unpaired) electrons. The third kappa shape index (κ3) is 3.29. The van der Waals surface area contributed by atoms with Crippen molar-refractivity contribution in [1.82, 2.24) is 0 Å². The number of carbonyl (C=O) groups excluding carboxylic acids is 1. The van der Waals surface area contributed by atoms with Crippen LogP contribution in [0.1, 0.15) is 21.5 Å². The summed E-state index contributed by atoms with van der Waals surface area (Å²) in [5.74, 6) is -1.57. The number of hydrogen-bond donors (Lipinski definition) is 3. The number of hydrogen-bond acceptors (Lipinski definition) is 3. The first kappa shape index (κ1) is 15.2. The number of nitrogens with one attached hydrogen (secondary N) is 1. The van der Waals surface area contributed by atoms with Crippen molar-refractivity contribution in [3.8, 4) is 0 Å². The summed E-state index contributed by atoms with van der Waals surface area (Å²) in [5.41, 5.74) is 1.94. The lowest BCUT2D eigenvalue weighted by atomic mass is 9.79. The van der Waals surface area contributed by atoms with E-state index < -0.39 is 18.8 Å². The molecule has 2 rings (SSSR count). The van der Waals surface area contributed by atoms with Crippen LogP contribution >= 0.6 is 0 Å². The Morgan fingerprint density at radius 3 is 2.52 bits per heavy atom. The number of anilines is 1. The molecular formula is C15H15BFNO3. The monoisotopic (exact) mass is 287 g/mol. The van der Waals surface area contributed by atoms with Crippen LogP contribution in [-0.2, 0) is 0 Å². The van der Waals surface area contributed by atoms with Gasteiger partial charge in [0.15, 0.2) is 0 Å². The van der Waals surface area contributed by atoms with Crippen molar-refractivity contribution in [1.29, 1.82) is 0 Å². The van der Waals surface area contributed by atoms with Crippen LogP contribution in [-0.4, -0.2) is 23.1 Å². The van der Waals surface area contributed by atoms with Gasteiger partial charge in [0.05, 0.1) is 5.56 Å². The molecule has 108 valence electrons. The predicted molar refractivity (Wildman–Crippen MR) is 80.1 cm³/mol. The highest BCUT2D eigenvalue weighted by Crippen LogP contribution is 2.17. The molecule has 21 heavy (non-hydrogen) atoms. The van der Waals surface area contributed by atoms with Gasteiger partial charge < -0.3 is 15.4 Å². The number of aryl methyl sites for hydroxylation is 2. The van der Waals surface area contributed by atoms with Crippen molar-refractivity contribution < 1.29 is 19.2 Å². The molecule has 1 amide bonds. The normalized spacial score (nSPS) is 10.3. The Labute approximate surface area is 122 Å². The first-order valence-electron chi connectivity index (χ1n) is 6.43. The van der Waals surface area contributed by atoms with Crippen molar-refractivity contribution in [2.45, 2.75) is 13.8 Å². The van der Waals surface area contributed by atoms with Gasteiger partial charge in [0, 0.05) is 11.2 Å². The number of benzene rings is 2. The Kier molecular flexibility index (Phi) is 4.40. The van der Waals surface area contributed by atoms with Gasteiger partial charge in [-0.25, -0.2) is 4.39 Å². The van der Waals surface area contributed by atoms with E-state index in [2.05, 4.69) is 5.32 Å². The predicted octanol–water partition coefficient (Wildman–Crippen LogP) is 1.37. The van der Waals surface area contributed by atoms with E-state index in [0.29, 0.717) is 5.69 Å². The minimum Gasteiger partial charge on any atom is -0.423 e. The Morgan fingerprint density at radius 2 is 1.90 bits per heavy atom. The fourth-order valence-electron chi connectivity index (χ4n) is 2.07. The summed E-state index contributed by atoms with van der Waals surface area (Å²) in [7, 11) is -1.96. The van der Waals surface area contributed by atoms with Crippen molar-refractivity contribution in [3.05, 3.63) is 58.9 Å². The maximum atomic E-state index is 14.1. The molecule has 0 bridgehead atoms. The lowest BCUT2D eigenvalue weighted by Crippen LogP contribution is -2.34. The second-order valence-corrected chi connectivity index (χ2v) is 4.85. The standard InChI is InChI=1S/C15H15BFNO3/c1-9-6-7-13(10(2)8-9)18-15(19)11-4-3-5-12(14(11)17)16(20)21/h3-8,20-21H,1-2H3,(H,18,19). The highest BCUT2D eigenvalue weighted by atomic mass is 19.1. The maximum absolute atomic E-state index is 14.1. The van der Waals surface area contributed by atoms with E-state index in [1.807, 2.05) is 26.0 Å². The molecule has 0 atom stereocenters. The number of rotatable bonds is 3. The largest absolute Gasteiger partial charge is 0.491 e. The highest BCUT2D eigenvalue weighted by Gasteiger charge is 2.22. The highest BCUT2D eigenvalue weighted by molar-refractivity contribution is 6.58. The van der Waals surface area contributed by atoms with Crippen molar-refractivity contribution in [2.75, 3.05) is 5.32 Å². The molecule has 2 aromatic rings. The summed E-state index contributed by atoms with van der Waals surface area (Å²) in [6, 6.07) is 9.39. The zero-order valence-electron chi connectivity index (χ0n) is 11.7. The molecule has 4 nitrogen and oxygen atoms in total. The lowest BCUT2D eigenvalue weighted by Gasteiger charge is -2.11. The van der Waals surface area contributed by atoms with E-state index in [-0.39, 0.29) is 11.0 Å². The zero-order valence-corrected chi connectivity index (χ0v) is 11.7. The first-order chi connectivity index (χ1) is 9.90. The Balaban J connectivity index is 2.31. The second-order valence-electron chi connectivity index (χ2n) is 4.85. The number of amides is 1. The van der Waals surface area contributed by atoms with Crippen LogP contribution in [0.4, 0.5) is 10.1 Å². The van der Waals surface area contributed by atoms with Gasteiger partial charge in [0.25, 0.3) is 5.91 Å². The third-order valence-electron chi connectivity index (χ3n) is 3.18. The molecule has 0 aliphatic rings. The molecule has 2 aromatic carbocycles. The zero-order chi connectivity index (χ0) is 15.6. The molecule has 0 aliphatic carbocycles. The van der Waals surface area contributed by atoms with Gasteiger partial charge in [-0.2, -0.15) is 0 Å². The SMILES string of the molecule is Cc1ccc(NC(=O)c2cccc(B(O)O)c2F)c(C)c1. The van der Waals surface area contributed by atoms with Gasteiger partial charge in [-0.15, -0.1) is 0 Å². The molecule has 0 fully saturated rings. The van der Waals surface area contributed by atoms with E-state index in [1.54, 1.807) is 6.07 Å². The van der Waals surface area contributed by atoms with Crippen molar-refractivity contribution in [2.24, 2.45) is 0 Å². The summed E-state index contributed by atoms with van der Waals surface area (Å²) in [5, 5.41) is 20.7. The van der Waals surface area contributed by atoms with Crippen LogP contribution in [0.2, 0.25) is 0 Å². The van der Waals surface area contributed by atoms with Crippen LogP contribution in [0.15, 0.2) is 36.4 Å². The topological polar surface area (TPSA) is 69.6 Å². The van der Waals surface area contributed by atoms with Gasteiger partial charge in [-0.1, -0.05) is 29.8 Å². The Morgan fingerprint density at radius 1 is 1.19 bits per heavy atom. The van der Waals surface area contributed by atoms with Gasteiger partial charge >= 0.3 is 7.12 Å². The molecule has 3 N–H and O–H groups in total. The average molecular weight is 287 g/mol. The third-order valence-corrected chi connectivity index (χ3v) is 3.18. The maximum Gasteiger partial charge on any atom is 0.491 e. The van der Waals surface area contributed by atoms with Gasteiger partial charge in [0.1, 0.15) is 5.82 Å². The molecule has 0 spiro atoms.